The van der Waals surface area contributed by atoms with Crippen molar-refractivity contribution in [2.75, 3.05) is 10.9 Å². The van der Waals surface area contributed by atoms with Crippen LogP contribution in [-0.4, -0.2) is 28.1 Å². The molecule has 0 aliphatic heterocycles. The minimum absolute atomic E-state index is 0.0928. The molecule has 1 heterocycles. The van der Waals surface area contributed by atoms with E-state index in [2.05, 4.69) is 36.3 Å². The molecule has 1 fully saturated rings. The fourth-order valence-electron chi connectivity index (χ4n) is 4.69. The lowest BCUT2D eigenvalue weighted by Crippen LogP contribution is -2.37. The highest BCUT2D eigenvalue weighted by atomic mass is 35.5. The number of rotatable bonds is 6. The van der Waals surface area contributed by atoms with Gasteiger partial charge in [-0.3, -0.25) is 4.79 Å². The van der Waals surface area contributed by atoms with Crippen molar-refractivity contribution in [1.29, 1.82) is 0 Å². The fraction of sp³-hybridized carbons (Fsp3) is 0.222. The molecule has 0 radical (unpaired) electrons. The van der Waals surface area contributed by atoms with Crippen molar-refractivity contribution in [3.8, 4) is 5.75 Å². The number of halogens is 1. The van der Waals surface area contributed by atoms with E-state index in [0.717, 1.165) is 29.3 Å². The number of hydrazone groups is 1. The Kier molecular flexibility index (Phi) is 6.11. The lowest BCUT2D eigenvalue weighted by atomic mass is 9.59. The average molecular weight is 490 g/mol. The van der Waals surface area contributed by atoms with Crippen molar-refractivity contribution < 1.29 is 9.90 Å². The van der Waals surface area contributed by atoms with Gasteiger partial charge in [0.1, 0.15) is 11.6 Å². The van der Waals surface area contributed by atoms with Crippen LogP contribution < -0.4 is 5.01 Å². The number of hydrogen-bond donors (Lipinski definition) is 1. The first-order chi connectivity index (χ1) is 16.5. The largest absolute Gasteiger partial charge is 0.507 e. The number of alkyl halides is 1. The lowest BCUT2D eigenvalue weighted by Gasteiger charge is -2.45. The number of benzene rings is 3. The molecule has 7 heteroatoms. The first-order valence-electron chi connectivity index (χ1n) is 11.1. The molecule has 34 heavy (non-hydrogen) atoms. The molecule has 3 aromatic carbocycles. The molecule has 0 atom stereocenters. The summed E-state index contributed by atoms with van der Waals surface area (Å²) in [5, 5.41) is 20.3. The van der Waals surface area contributed by atoms with Crippen LogP contribution in [0, 0.1) is 0 Å². The number of thiazole rings is 1. The van der Waals surface area contributed by atoms with Crippen molar-refractivity contribution in [1.82, 2.24) is 4.98 Å². The van der Waals surface area contributed by atoms with Crippen LogP contribution in [-0.2, 0) is 10.2 Å². The quantitative estimate of drug-likeness (QED) is 0.192. The molecule has 1 aromatic heterocycles. The van der Waals surface area contributed by atoms with E-state index in [1.165, 1.54) is 28.1 Å². The Labute approximate surface area is 207 Å². The molecule has 0 saturated heterocycles. The van der Waals surface area contributed by atoms with E-state index in [4.69, 9.17) is 16.6 Å². The molecule has 1 N–H and O–H groups in total. The van der Waals surface area contributed by atoms with Crippen molar-refractivity contribution >= 4 is 51.0 Å². The maximum absolute atomic E-state index is 12.6. The van der Waals surface area contributed by atoms with Gasteiger partial charge in [0.25, 0.3) is 5.91 Å². The highest BCUT2D eigenvalue weighted by molar-refractivity contribution is 7.14. The zero-order valence-corrected chi connectivity index (χ0v) is 20.3. The van der Waals surface area contributed by atoms with Gasteiger partial charge in [-0.1, -0.05) is 67.6 Å². The Morgan fingerprint density at radius 3 is 2.68 bits per heavy atom. The van der Waals surface area contributed by atoms with Gasteiger partial charge >= 0.3 is 0 Å². The SMILES string of the molecule is CC1(c2ccccc2)CC(c2csc(N(N=Cc3c(O)ccc4ccccc34)C(=O)CCl)n2)C1. The van der Waals surface area contributed by atoms with E-state index in [-0.39, 0.29) is 23.0 Å². The number of nitrogens with zero attached hydrogens (tertiary/aromatic N) is 3. The summed E-state index contributed by atoms with van der Waals surface area (Å²) < 4.78 is 0. The van der Waals surface area contributed by atoms with Gasteiger partial charge in [0.05, 0.1) is 11.9 Å². The van der Waals surface area contributed by atoms with Gasteiger partial charge in [0.15, 0.2) is 0 Å². The third kappa shape index (κ3) is 4.19. The summed E-state index contributed by atoms with van der Waals surface area (Å²) in [7, 11) is 0. The molecule has 1 aliphatic rings. The normalized spacial score (nSPS) is 19.9. The van der Waals surface area contributed by atoms with Crippen LogP contribution in [0.25, 0.3) is 10.8 Å². The average Bonchev–Trinajstić information content (AvgIpc) is 3.33. The fourth-order valence-corrected chi connectivity index (χ4v) is 5.68. The summed E-state index contributed by atoms with van der Waals surface area (Å²) in [6, 6.07) is 21.7. The van der Waals surface area contributed by atoms with Crippen LogP contribution in [0.3, 0.4) is 0 Å². The predicted molar refractivity (Wildman–Crippen MR) is 139 cm³/mol. The lowest BCUT2D eigenvalue weighted by molar-refractivity contribution is -0.116. The van der Waals surface area contributed by atoms with Crippen LogP contribution in [0.4, 0.5) is 5.13 Å². The smallest absolute Gasteiger partial charge is 0.264 e. The van der Waals surface area contributed by atoms with Crippen LogP contribution in [0.1, 0.15) is 42.5 Å². The zero-order chi connectivity index (χ0) is 23.7. The zero-order valence-electron chi connectivity index (χ0n) is 18.7. The minimum Gasteiger partial charge on any atom is -0.507 e. The molecule has 1 aliphatic carbocycles. The van der Waals surface area contributed by atoms with E-state index in [1.54, 1.807) is 6.07 Å². The summed E-state index contributed by atoms with van der Waals surface area (Å²) in [6.07, 6.45) is 3.52. The summed E-state index contributed by atoms with van der Waals surface area (Å²) >= 11 is 7.26. The van der Waals surface area contributed by atoms with Gasteiger partial charge < -0.3 is 5.11 Å². The molecule has 172 valence electrons. The molecule has 4 aromatic rings. The molecule has 1 saturated carbocycles. The third-order valence-electron chi connectivity index (χ3n) is 6.57. The maximum Gasteiger partial charge on any atom is 0.264 e. The number of amides is 1. The first-order valence-corrected chi connectivity index (χ1v) is 12.5. The highest BCUT2D eigenvalue weighted by Crippen LogP contribution is 2.52. The van der Waals surface area contributed by atoms with Crippen molar-refractivity contribution in [2.24, 2.45) is 5.10 Å². The van der Waals surface area contributed by atoms with E-state index in [0.29, 0.717) is 16.6 Å². The second-order valence-corrected chi connectivity index (χ2v) is 9.99. The Morgan fingerprint density at radius 2 is 1.91 bits per heavy atom. The van der Waals surface area contributed by atoms with Crippen molar-refractivity contribution in [3.05, 3.63) is 88.9 Å². The molecule has 0 bridgehead atoms. The number of fused-ring (bicyclic) bond motifs is 1. The number of phenolic OH excluding ortho intramolecular Hbond substituents is 1. The first kappa shape index (κ1) is 22.6. The van der Waals surface area contributed by atoms with Crippen LogP contribution >= 0.6 is 22.9 Å². The predicted octanol–water partition coefficient (Wildman–Crippen LogP) is 6.44. The van der Waals surface area contributed by atoms with Crippen molar-refractivity contribution in [3.63, 3.8) is 0 Å². The summed E-state index contributed by atoms with van der Waals surface area (Å²) in [5.41, 5.74) is 3.01. The second kappa shape index (κ2) is 9.20. The molecular weight excluding hydrogens is 466 g/mol. The maximum atomic E-state index is 12.6. The monoisotopic (exact) mass is 489 g/mol. The number of anilines is 1. The third-order valence-corrected chi connectivity index (χ3v) is 7.64. The molecular formula is C27H24ClN3O2S. The number of carbonyl (C=O) groups is 1. The summed E-state index contributed by atoms with van der Waals surface area (Å²) in [6.45, 7) is 2.29. The highest BCUT2D eigenvalue weighted by Gasteiger charge is 2.43. The number of aromatic hydroxyl groups is 1. The summed E-state index contributed by atoms with van der Waals surface area (Å²) in [4.78, 5) is 17.4. The topological polar surface area (TPSA) is 65.8 Å². The Morgan fingerprint density at radius 1 is 1.18 bits per heavy atom. The van der Waals surface area contributed by atoms with Gasteiger partial charge in [0.2, 0.25) is 5.13 Å². The molecule has 0 spiro atoms. The Bertz CT molecular complexity index is 1360. The number of carbonyl (C=O) groups excluding carboxylic acids is 1. The van der Waals surface area contributed by atoms with E-state index in [9.17, 15) is 9.90 Å². The van der Waals surface area contributed by atoms with Gasteiger partial charge in [0, 0.05) is 16.9 Å². The van der Waals surface area contributed by atoms with E-state index in [1.807, 2.05) is 41.8 Å². The Balaban J connectivity index is 1.39. The van der Waals surface area contributed by atoms with Gasteiger partial charge in [-0.15, -0.1) is 22.9 Å². The molecule has 0 unspecified atom stereocenters. The molecule has 1 amide bonds. The molecule has 5 rings (SSSR count). The summed E-state index contributed by atoms with van der Waals surface area (Å²) in [5.74, 6) is -0.158. The van der Waals surface area contributed by atoms with Crippen molar-refractivity contribution in [2.45, 2.75) is 31.1 Å². The minimum atomic E-state index is -0.374. The van der Waals surface area contributed by atoms with Gasteiger partial charge in [-0.2, -0.15) is 10.1 Å². The number of hydrogen-bond acceptors (Lipinski definition) is 5. The standard InChI is InChI=1S/C27H24ClN3O2S/c1-27(20-8-3-2-4-9-20)13-19(14-27)23-17-34-26(30-23)31(25(33)15-28)29-16-22-21-10-6-5-7-18(21)11-12-24(22)32/h2-12,16-17,19,32H,13-15H2,1H3. The van der Waals surface area contributed by atoms with Crippen LogP contribution in [0.15, 0.2) is 77.2 Å². The van der Waals surface area contributed by atoms with Gasteiger partial charge in [-0.25, -0.2) is 4.98 Å². The van der Waals surface area contributed by atoms with Gasteiger partial charge in [-0.05, 0) is 40.7 Å². The van der Waals surface area contributed by atoms with Crippen LogP contribution in [0.5, 0.6) is 5.75 Å². The Hall–Kier alpha value is -3.22. The van der Waals surface area contributed by atoms with Crippen LogP contribution in [0.2, 0.25) is 0 Å². The van der Waals surface area contributed by atoms with E-state index < -0.39 is 0 Å². The number of phenols is 1. The second-order valence-electron chi connectivity index (χ2n) is 8.89. The number of aromatic nitrogens is 1. The van der Waals surface area contributed by atoms with E-state index >= 15 is 0 Å². The molecule has 5 nitrogen and oxygen atoms in total.